The molecule has 0 aliphatic rings. The molecule has 3 N–H and O–H groups in total. The third-order valence-corrected chi connectivity index (χ3v) is 5.69. The lowest BCUT2D eigenvalue weighted by Crippen LogP contribution is -2.14. The van der Waals surface area contributed by atoms with E-state index in [1.165, 1.54) is 4.88 Å². The van der Waals surface area contributed by atoms with Gasteiger partial charge in [0.1, 0.15) is 0 Å². The number of hydrogen-bond donors (Lipinski definition) is 2. The minimum Gasteiger partial charge on any atom is -0.366 e. The lowest BCUT2D eigenvalue weighted by atomic mass is 10.1. The highest BCUT2D eigenvalue weighted by Gasteiger charge is 2.12. The van der Waals surface area contributed by atoms with Crippen molar-refractivity contribution in [2.24, 2.45) is 5.73 Å². The summed E-state index contributed by atoms with van der Waals surface area (Å²) in [5.41, 5.74) is 6.88. The Hall–Kier alpha value is -2.57. The molecule has 1 aromatic heterocycles. The van der Waals surface area contributed by atoms with Gasteiger partial charge in [-0.15, -0.1) is 23.1 Å². The molecule has 3 aromatic rings. The second-order valence-corrected chi connectivity index (χ2v) is 7.31. The molecule has 0 saturated carbocycles. The molecular formula is C19H16N2O2S2. The smallest absolute Gasteiger partial charge is 0.256 e. The predicted octanol–water partition coefficient (Wildman–Crippen LogP) is 4.39. The number of thiophene rings is 1. The fourth-order valence-electron chi connectivity index (χ4n) is 2.24. The van der Waals surface area contributed by atoms with Gasteiger partial charge in [0.15, 0.2) is 0 Å². The Morgan fingerprint density at radius 3 is 2.44 bits per heavy atom. The van der Waals surface area contributed by atoms with Crippen molar-refractivity contribution in [3.05, 3.63) is 82.0 Å². The van der Waals surface area contributed by atoms with Crippen LogP contribution in [-0.2, 0) is 5.75 Å². The van der Waals surface area contributed by atoms with Gasteiger partial charge in [-0.25, -0.2) is 0 Å². The highest BCUT2D eigenvalue weighted by molar-refractivity contribution is 7.98. The summed E-state index contributed by atoms with van der Waals surface area (Å²) < 4.78 is 0. The standard InChI is InChI=1S/C19H16N2O2S2/c20-18(22)13-7-9-14(10-8-13)21-19(23)16-5-1-2-6-17(16)25-12-15-4-3-11-24-15/h1-11H,12H2,(H2,20,22)(H,21,23). The van der Waals surface area contributed by atoms with Crippen LogP contribution in [0.3, 0.4) is 0 Å². The highest BCUT2D eigenvalue weighted by atomic mass is 32.2. The van der Waals surface area contributed by atoms with Crippen molar-refractivity contribution in [1.29, 1.82) is 0 Å². The van der Waals surface area contributed by atoms with Crippen LogP contribution in [0.4, 0.5) is 5.69 Å². The van der Waals surface area contributed by atoms with E-state index >= 15 is 0 Å². The molecule has 0 radical (unpaired) electrons. The zero-order valence-corrected chi connectivity index (χ0v) is 14.9. The minimum atomic E-state index is -0.492. The lowest BCUT2D eigenvalue weighted by Gasteiger charge is -2.10. The molecule has 126 valence electrons. The molecule has 0 atom stereocenters. The first-order valence-electron chi connectivity index (χ1n) is 7.59. The van der Waals surface area contributed by atoms with Gasteiger partial charge >= 0.3 is 0 Å². The number of rotatable bonds is 6. The van der Waals surface area contributed by atoms with Gasteiger partial charge in [0.2, 0.25) is 5.91 Å². The van der Waals surface area contributed by atoms with Gasteiger partial charge in [-0.05, 0) is 47.8 Å². The van der Waals surface area contributed by atoms with E-state index in [4.69, 9.17) is 5.73 Å². The van der Waals surface area contributed by atoms with Gasteiger partial charge in [-0.1, -0.05) is 18.2 Å². The molecule has 0 aliphatic heterocycles. The van der Waals surface area contributed by atoms with Crippen molar-refractivity contribution in [1.82, 2.24) is 0 Å². The van der Waals surface area contributed by atoms with Gasteiger partial charge in [-0.2, -0.15) is 0 Å². The zero-order chi connectivity index (χ0) is 17.6. The van der Waals surface area contributed by atoms with Crippen LogP contribution in [0.1, 0.15) is 25.6 Å². The molecule has 4 nitrogen and oxygen atoms in total. The third kappa shape index (κ3) is 4.49. The third-order valence-electron chi connectivity index (χ3n) is 3.51. The van der Waals surface area contributed by atoms with E-state index in [1.54, 1.807) is 47.4 Å². The number of nitrogens with two attached hydrogens (primary N) is 1. The molecule has 0 aliphatic carbocycles. The molecule has 25 heavy (non-hydrogen) atoms. The predicted molar refractivity (Wildman–Crippen MR) is 103 cm³/mol. The Morgan fingerprint density at radius 1 is 1.00 bits per heavy atom. The molecule has 0 spiro atoms. The van der Waals surface area contributed by atoms with Crippen LogP contribution in [0.5, 0.6) is 0 Å². The number of amides is 2. The Balaban J connectivity index is 1.72. The van der Waals surface area contributed by atoms with E-state index in [1.807, 2.05) is 35.7 Å². The number of anilines is 1. The molecular weight excluding hydrogens is 352 g/mol. The average Bonchev–Trinajstić information content (AvgIpc) is 3.14. The van der Waals surface area contributed by atoms with Gasteiger partial charge < -0.3 is 11.1 Å². The molecule has 0 fully saturated rings. The van der Waals surface area contributed by atoms with Crippen LogP contribution in [0.15, 0.2) is 70.9 Å². The number of carbonyl (C=O) groups excluding carboxylic acids is 2. The number of primary amides is 1. The molecule has 2 amide bonds. The van der Waals surface area contributed by atoms with Crippen LogP contribution in [0.2, 0.25) is 0 Å². The Kier molecular flexibility index (Phi) is 5.53. The van der Waals surface area contributed by atoms with Crippen molar-refractivity contribution in [2.45, 2.75) is 10.6 Å². The van der Waals surface area contributed by atoms with E-state index in [-0.39, 0.29) is 5.91 Å². The molecule has 0 unspecified atom stereocenters. The van der Waals surface area contributed by atoms with Crippen LogP contribution < -0.4 is 11.1 Å². The summed E-state index contributed by atoms with van der Waals surface area (Å²) in [6.07, 6.45) is 0. The second kappa shape index (κ2) is 8.00. The summed E-state index contributed by atoms with van der Waals surface area (Å²) in [5.74, 6) is 0.157. The number of benzene rings is 2. The first-order valence-corrected chi connectivity index (χ1v) is 9.45. The normalized spacial score (nSPS) is 10.4. The van der Waals surface area contributed by atoms with Gasteiger partial charge in [-0.3, -0.25) is 9.59 Å². The largest absolute Gasteiger partial charge is 0.366 e. The highest BCUT2D eigenvalue weighted by Crippen LogP contribution is 2.28. The van der Waals surface area contributed by atoms with Crippen LogP contribution in [0.25, 0.3) is 0 Å². The molecule has 1 heterocycles. The van der Waals surface area contributed by atoms with E-state index in [2.05, 4.69) is 11.4 Å². The van der Waals surface area contributed by atoms with E-state index in [0.29, 0.717) is 16.8 Å². The molecule has 2 aromatic carbocycles. The van der Waals surface area contributed by atoms with Gasteiger partial charge in [0.25, 0.3) is 5.91 Å². The number of nitrogens with one attached hydrogen (secondary N) is 1. The van der Waals surface area contributed by atoms with Crippen LogP contribution in [-0.4, -0.2) is 11.8 Å². The maximum absolute atomic E-state index is 12.6. The first kappa shape index (κ1) is 17.3. The zero-order valence-electron chi connectivity index (χ0n) is 13.3. The first-order chi connectivity index (χ1) is 12.1. The average molecular weight is 368 g/mol. The van der Waals surface area contributed by atoms with Crippen LogP contribution >= 0.6 is 23.1 Å². The molecule has 0 saturated heterocycles. The minimum absolute atomic E-state index is 0.180. The summed E-state index contributed by atoms with van der Waals surface area (Å²) in [5, 5.41) is 4.90. The van der Waals surface area contributed by atoms with Gasteiger partial charge in [0, 0.05) is 26.8 Å². The fourth-order valence-corrected chi connectivity index (χ4v) is 4.06. The van der Waals surface area contributed by atoms with Crippen molar-refractivity contribution in [3.8, 4) is 0 Å². The topological polar surface area (TPSA) is 72.2 Å². The van der Waals surface area contributed by atoms with Crippen molar-refractivity contribution < 1.29 is 9.59 Å². The maximum Gasteiger partial charge on any atom is 0.256 e. The van der Waals surface area contributed by atoms with Crippen molar-refractivity contribution in [2.75, 3.05) is 5.32 Å². The van der Waals surface area contributed by atoms with E-state index in [9.17, 15) is 9.59 Å². The van der Waals surface area contributed by atoms with Crippen molar-refractivity contribution in [3.63, 3.8) is 0 Å². The maximum atomic E-state index is 12.6. The summed E-state index contributed by atoms with van der Waals surface area (Å²) in [4.78, 5) is 25.9. The van der Waals surface area contributed by atoms with Crippen LogP contribution in [0, 0.1) is 0 Å². The number of carbonyl (C=O) groups is 2. The molecule has 3 rings (SSSR count). The fraction of sp³-hybridized carbons (Fsp3) is 0.0526. The quantitative estimate of drug-likeness (QED) is 0.634. The monoisotopic (exact) mass is 368 g/mol. The SMILES string of the molecule is NC(=O)c1ccc(NC(=O)c2ccccc2SCc2cccs2)cc1. The number of thioether (sulfide) groups is 1. The van der Waals surface area contributed by atoms with E-state index < -0.39 is 5.91 Å². The summed E-state index contributed by atoms with van der Waals surface area (Å²) >= 11 is 3.34. The molecule has 6 heteroatoms. The summed E-state index contributed by atoms with van der Waals surface area (Å²) in [6, 6.07) is 18.2. The van der Waals surface area contributed by atoms with Gasteiger partial charge in [0.05, 0.1) is 5.56 Å². The number of hydrogen-bond acceptors (Lipinski definition) is 4. The Labute approximate surface area is 154 Å². The Morgan fingerprint density at radius 2 is 1.76 bits per heavy atom. The van der Waals surface area contributed by atoms with E-state index in [0.717, 1.165) is 10.6 Å². The second-order valence-electron chi connectivity index (χ2n) is 5.26. The summed E-state index contributed by atoms with van der Waals surface area (Å²) in [6.45, 7) is 0. The van der Waals surface area contributed by atoms with Crippen molar-refractivity contribution >= 4 is 40.6 Å². The Bertz CT molecular complexity index is 875. The molecule has 0 bridgehead atoms. The summed E-state index contributed by atoms with van der Waals surface area (Å²) in [7, 11) is 0. The lowest BCUT2D eigenvalue weighted by molar-refractivity contribution is 0.0998.